The van der Waals surface area contributed by atoms with Crippen LogP contribution in [-0.4, -0.2) is 6.03 Å². The lowest BCUT2D eigenvalue weighted by Gasteiger charge is -2.17. The number of aryl methyl sites for hydroxylation is 1. The predicted octanol–water partition coefficient (Wildman–Crippen LogP) is 3.83. The molecule has 3 nitrogen and oxygen atoms in total. The third-order valence-corrected chi connectivity index (χ3v) is 3.45. The largest absolute Gasteiger partial charge is 0.334 e. The van der Waals surface area contributed by atoms with E-state index in [2.05, 4.69) is 10.6 Å². The molecule has 0 aliphatic rings. The molecule has 0 saturated carbocycles. The molecule has 0 radical (unpaired) electrons. The minimum absolute atomic E-state index is 0.0735. The lowest BCUT2D eigenvalue weighted by Crippen LogP contribution is -2.37. The van der Waals surface area contributed by atoms with Gasteiger partial charge in [0.2, 0.25) is 0 Å². The Kier molecular flexibility index (Phi) is 5.09. The molecule has 0 bridgehead atoms. The first-order valence-electron chi connectivity index (χ1n) is 7.01. The second kappa shape index (κ2) is 7.02. The molecule has 0 aliphatic heterocycles. The summed E-state index contributed by atoms with van der Waals surface area (Å²) in [7, 11) is 0. The van der Waals surface area contributed by atoms with Gasteiger partial charge < -0.3 is 10.6 Å². The average Bonchev–Trinajstić information content (AvgIpc) is 2.48. The second-order valence-electron chi connectivity index (χ2n) is 5.14. The Bertz CT molecular complexity index is 673. The van der Waals surface area contributed by atoms with Gasteiger partial charge in [-0.15, -0.1) is 0 Å². The van der Waals surface area contributed by atoms with Crippen molar-refractivity contribution in [1.29, 1.82) is 0 Å². The molecule has 22 heavy (non-hydrogen) atoms. The van der Waals surface area contributed by atoms with Crippen LogP contribution in [-0.2, 0) is 6.54 Å². The molecule has 0 heterocycles. The van der Waals surface area contributed by atoms with Crippen molar-refractivity contribution in [3.05, 3.63) is 70.8 Å². The van der Waals surface area contributed by atoms with Crippen LogP contribution in [0, 0.1) is 18.6 Å². The van der Waals surface area contributed by atoms with Crippen LogP contribution < -0.4 is 10.6 Å². The van der Waals surface area contributed by atoms with Crippen molar-refractivity contribution in [2.45, 2.75) is 26.4 Å². The molecular formula is C17H18F2N2O. The highest BCUT2D eigenvalue weighted by molar-refractivity contribution is 5.74. The van der Waals surface area contributed by atoms with Gasteiger partial charge in [0.05, 0.1) is 6.04 Å². The Labute approximate surface area is 128 Å². The highest BCUT2D eigenvalue weighted by Gasteiger charge is 2.12. The van der Waals surface area contributed by atoms with Gasteiger partial charge >= 0.3 is 6.03 Å². The zero-order chi connectivity index (χ0) is 16.1. The topological polar surface area (TPSA) is 41.1 Å². The van der Waals surface area contributed by atoms with Crippen molar-refractivity contribution in [2.24, 2.45) is 0 Å². The van der Waals surface area contributed by atoms with Crippen LogP contribution in [0.2, 0.25) is 0 Å². The highest BCUT2D eigenvalue weighted by atomic mass is 19.1. The van der Waals surface area contributed by atoms with E-state index in [0.29, 0.717) is 0 Å². The van der Waals surface area contributed by atoms with Crippen molar-refractivity contribution in [1.82, 2.24) is 10.6 Å². The molecule has 5 heteroatoms. The Morgan fingerprint density at radius 1 is 1.18 bits per heavy atom. The van der Waals surface area contributed by atoms with E-state index >= 15 is 0 Å². The number of carbonyl (C=O) groups is 1. The monoisotopic (exact) mass is 304 g/mol. The molecule has 1 atom stereocenters. The molecule has 0 aliphatic carbocycles. The van der Waals surface area contributed by atoms with Gasteiger partial charge in [-0.3, -0.25) is 0 Å². The summed E-state index contributed by atoms with van der Waals surface area (Å²) in [6, 6.07) is 10.3. The second-order valence-corrected chi connectivity index (χ2v) is 5.14. The zero-order valence-electron chi connectivity index (χ0n) is 12.5. The number of halogens is 2. The minimum Gasteiger partial charge on any atom is -0.334 e. The van der Waals surface area contributed by atoms with Gasteiger partial charge in [-0.2, -0.15) is 0 Å². The van der Waals surface area contributed by atoms with Gasteiger partial charge in [0, 0.05) is 12.1 Å². The van der Waals surface area contributed by atoms with Gasteiger partial charge in [-0.05, 0) is 43.2 Å². The molecule has 1 unspecified atom stereocenters. The fourth-order valence-electron chi connectivity index (χ4n) is 2.25. The van der Waals surface area contributed by atoms with Crippen LogP contribution in [0.3, 0.4) is 0 Å². The SMILES string of the molecule is Cc1ccccc1C(C)NC(=O)NCc1cc(F)ccc1F. The molecule has 2 N–H and O–H groups in total. The van der Waals surface area contributed by atoms with E-state index in [-0.39, 0.29) is 18.2 Å². The number of urea groups is 1. The van der Waals surface area contributed by atoms with Crippen molar-refractivity contribution in [3.8, 4) is 0 Å². The number of hydrogen-bond acceptors (Lipinski definition) is 1. The Morgan fingerprint density at radius 3 is 2.64 bits per heavy atom. The highest BCUT2D eigenvalue weighted by Crippen LogP contribution is 2.16. The van der Waals surface area contributed by atoms with E-state index in [1.165, 1.54) is 0 Å². The number of benzene rings is 2. The van der Waals surface area contributed by atoms with Crippen molar-refractivity contribution < 1.29 is 13.6 Å². The fraction of sp³-hybridized carbons (Fsp3) is 0.235. The molecule has 0 spiro atoms. The van der Waals surface area contributed by atoms with Crippen LogP contribution in [0.1, 0.15) is 29.7 Å². The van der Waals surface area contributed by atoms with Crippen LogP contribution in [0.25, 0.3) is 0 Å². The molecule has 2 rings (SSSR count). The van der Waals surface area contributed by atoms with Gasteiger partial charge in [0.1, 0.15) is 11.6 Å². The Hall–Kier alpha value is -2.43. The molecule has 0 saturated heterocycles. The van der Waals surface area contributed by atoms with Crippen molar-refractivity contribution >= 4 is 6.03 Å². The molecule has 2 aromatic carbocycles. The molecule has 0 aromatic heterocycles. The third-order valence-electron chi connectivity index (χ3n) is 3.45. The summed E-state index contributed by atoms with van der Waals surface area (Å²) in [6.07, 6.45) is 0. The van der Waals surface area contributed by atoms with E-state index < -0.39 is 17.7 Å². The maximum Gasteiger partial charge on any atom is 0.315 e. The van der Waals surface area contributed by atoms with Crippen LogP contribution >= 0.6 is 0 Å². The summed E-state index contributed by atoms with van der Waals surface area (Å²) in [5.41, 5.74) is 2.19. The maximum atomic E-state index is 13.5. The van der Waals surface area contributed by atoms with Crippen molar-refractivity contribution in [3.63, 3.8) is 0 Å². The average molecular weight is 304 g/mol. The van der Waals surface area contributed by atoms with Gasteiger partial charge in [-0.1, -0.05) is 24.3 Å². The van der Waals surface area contributed by atoms with E-state index in [1.54, 1.807) is 0 Å². The standard InChI is InChI=1S/C17H18F2N2O/c1-11-5-3-4-6-15(11)12(2)21-17(22)20-10-13-9-14(18)7-8-16(13)19/h3-9,12H,10H2,1-2H3,(H2,20,21,22). The van der Waals surface area contributed by atoms with E-state index in [9.17, 15) is 13.6 Å². The maximum absolute atomic E-state index is 13.5. The molecule has 0 fully saturated rings. The first kappa shape index (κ1) is 15.9. The van der Waals surface area contributed by atoms with Gasteiger partial charge in [0.15, 0.2) is 0 Å². The van der Waals surface area contributed by atoms with Crippen LogP contribution in [0.15, 0.2) is 42.5 Å². The lowest BCUT2D eigenvalue weighted by atomic mass is 10.0. The molecule has 116 valence electrons. The number of nitrogens with one attached hydrogen (secondary N) is 2. The molecule has 2 aromatic rings. The van der Waals surface area contributed by atoms with E-state index in [4.69, 9.17) is 0 Å². The summed E-state index contributed by atoms with van der Waals surface area (Å²) in [5.74, 6) is -1.08. The third kappa shape index (κ3) is 4.04. The smallest absolute Gasteiger partial charge is 0.315 e. The number of carbonyl (C=O) groups excluding carboxylic acids is 1. The van der Waals surface area contributed by atoms with E-state index in [0.717, 1.165) is 29.3 Å². The fourth-order valence-corrected chi connectivity index (χ4v) is 2.25. The predicted molar refractivity (Wildman–Crippen MR) is 81.3 cm³/mol. The first-order chi connectivity index (χ1) is 10.5. The first-order valence-corrected chi connectivity index (χ1v) is 7.01. The molecular weight excluding hydrogens is 286 g/mol. The summed E-state index contributed by atoms with van der Waals surface area (Å²) < 4.78 is 26.5. The molecule has 2 amide bonds. The van der Waals surface area contributed by atoms with Gasteiger partial charge in [-0.25, -0.2) is 13.6 Å². The lowest BCUT2D eigenvalue weighted by molar-refractivity contribution is 0.237. The Balaban J connectivity index is 1.93. The van der Waals surface area contributed by atoms with Crippen LogP contribution in [0.4, 0.5) is 13.6 Å². The number of amides is 2. The summed E-state index contributed by atoms with van der Waals surface area (Å²) in [6.45, 7) is 3.76. The number of rotatable bonds is 4. The quantitative estimate of drug-likeness (QED) is 0.885. The minimum atomic E-state index is -0.548. The summed E-state index contributed by atoms with van der Waals surface area (Å²) >= 11 is 0. The normalized spacial score (nSPS) is 11.8. The summed E-state index contributed by atoms with van der Waals surface area (Å²) in [5, 5.41) is 5.31. The Morgan fingerprint density at radius 2 is 1.91 bits per heavy atom. The zero-order valence-corrected chi connectivity index (χ0v) is 12.5. The number of hydrogen-bond donors (Lipinski definition) is 2. The van der Waals surface area contributed by atoms with Crippen LogP contribution in [0.5, 0.6) is 0 Å². The summed E-state index contributed by atoms with van der Waals surface area (Å²) in [4.78, 5) is 11.9. The van der Waals surface area contributed by atoms with Crippen molar-refractivity contribution in [2.75, 3.05) is 0 Å². The van der Waals surface area contributed by atoms with Gasteiger partial charge in [0.25, 0.3) is 0 Å². The van der Waals surface area contributed by atoms with E-state index in [1.807, 2.05) is 38.1 Å².